The van der Waals surface area contributed by atoms with Gasteiger partial charge >= 0.3 is 0 Å². The highest BCUT2D eigenvalue weighted by atomic mass is 16.5. The SMILES string of the molecule is COC1CCN(CCCCOc2ccccc2)C1. The first-order valence-electron chi connectivity index (χ1n) is 6.81. The summed E-state index contributed by atoms with van der Waals surface area (Å²) in [5, 5.41) is 0. The zero-order valence-corrected chi connectivity index (χ0v) is 11.2. The van der Waals surface area contributed by atoms with Crippen molar-refractivity contribution in [2.75, 3.05) is 33.4 Å². The molecule has 3 nitrogen and oxygen atoms in total. The molecule has 1 unspecified atom stereocenters. The summed E-state index contributed by atoms with van der Waals surface area (Å²) < 4.78 is 11.0. The second-order valence-electron chi connectivity index (χ2n) is 4.82. The van der Waals surface area contributed by atoms with E-state index in [-0.39, 0.29) is 0 Å². The Kier molecular flexibility index (Phi) is 5.49. The molecule has 1 aliphatic heterocycles. The van der Waals surface area contributed by atoms with Gasteiger partial charge in [0, 0.05) is 20.2 Å². The van der Waals surface area contributed by atoms with Crippen molar-refractivity contribution in [3.05, 3.63) is 30.3 Å². The zero-order valence-electron chi connectivity index (χ0n) is 11.2. The quantitative estimate of drug-likeness (QED) is 0.693. The first-order chi connectivity index (χ1) is 8.88. The normalized spacial score (nSPS) is 20.2. The monoisotopic (exact) mass is 249 g/mol. The van der Waals surface area contributed by atoms with Crippen molar-refractivity contribution in [2.24, 2.45) is 0 Å². The molecule has 1 aromatic rings. The van der Waals surface area contributed by atoms with Crippen LogP contribution in [0.2, 0.25) is 0 Å². The molecule has 0 aromatic heterocycles. The minimum absolute atomic E-state index is 0.450. The lowest BCUT2D eigenvalue weighted by molar-refractivity contribution is 0.108. The van der Waals surface area contributed by atoms with Gasteiger partial charge < -0.3 is 14.4 Å². The van der Waals surface area contributed by atoms with Crippen LogP contribution in [0.5, 0.6) is 5.75 Å². The van der Waals surface area contributed by atoms with Gasteiger partial charge in [0.1, 0.15) is 5.75 Å². The Hall–Kier alpha value is -1.06. The van der Waals surface area contributed by atoms with Gasteiger partial charge in [-0.15, -0.1) is 0 Å². The van der Waals surface area contributed by atoms with E-state index in [0.717, 1.165) is 31.9 Å². The number of ether oxygens (including phenoxy) is 2. The number of benzene rings is 1. The van der Waals surface area contributed by atoms with Crippen LogP contribution in [0.4, 0.5) is 0 Å². The smallest absolute Gasteiger partial charge is 0.119 e. The number of hydrogen-bond acceptors (Lipinski definition) is 3. The number of methoxy groups -OCH3 is 1. The molecule has 18 heavy (non-hydrogen) atoms. The molecule has 1 atom stereocenters. The summed E-state index contributed by atoms with van der Waals surface area (Å²) in [5.41, 5.74) is 0. The molecule has 1 saturated heterocycles. The van der Waals surface area contributed by atoms with E-state index in [2.05, 4.69) is 4.90 Å². The Labute approximate surface area is 110 Å². The van der Waals surface area contributed by atoms with Gasteiger partial charge in [-0.1, -0.05) is 18.2 Å². The van der Waals surface area contributed by atoms with Crippen molar-refractivity contribution < 1.29 is 9.47 Å². The third-order valence-corrected chi connectivity index (χ3v) is 3.44. The summed E-state index contributed by atoms with van der Waals surface area (Å²) in [6.07, 6.45) is 3.94. The topological polar surface area (TPSA) is 21.7 Å². The Bertz CT molecular complexity index is 329. The van der Waals surface area contributed by atoms with E-state index in [0.29, 0.717) is 6.10 Å². The third-order valence-electron chi connectivity index (χ3n) is 3.44. The Morgan fingerprint density at radius 2 is 2.06 bits per heavy atom. The maximum atomic E-state index is 5.67. The van der Waals surface area contributed by atoms with E-state index in [9.17, 15) is 0 Å². The molecule has 0 spiro atoms. The highest BCUT2D eigenvalue weighted by molar-refractivity contribution is 5.20. The van der Waals surface area contributed by atoms with Crippen molar-refractivity contribution >= 4 is 0 Å². The van der Waals surface area contributed by atoms with Gasteiger partial charge in [-0.05, 0) is 37.9 Å². The summed E-state index contributed by atoms with van der Waals surface area (Å²) >= 11 is 0. The minimum Gasteiger partial charge on any atom is -0.494 e. The van der Waals surface area contributed by atoms with Crippen LogP contribution in [0.15, 0.2) is 30.3 Å². The average Bonchev–Trinajstić information content (AvgIpc) is 2.87. The molecular weight excluding hydrogens is 226 g/mol. The summed E-state index contributed by atoms with van der Waals surface area (Å²) in [7, 11) is 1.81. The van der Waals surface area contributed by atoms with Gasteiger partial charge in [-0.2, -0.15) is 0 Å². The highest BCUT2D eigenvalue weighted by Gasteiger charge is 2.20. The Balaban J connectivity index is 1.52. The Morgan fingerprint density at radius 1 is 1.22 bits per heavy atom. The maximum absolute atomic E-state index is 5.67. The fourth-order valence-corrected chi connectivity index (χ4v) is 2.34. The molecule has 0 saturated carbocycles. The molecule has 2 rings (SSSR count). The summed E-state index contributed by atoms with van der Waals surface area (Å²) in [4.78, 5) is 2.48. The zero-order chi connectivity index (χ0) is 12.6. The van der Waals surface area contributed by atoms with E-state index in [1.54, 1.807) is 0 Å². The third kappa shape index (κ3) is 4.31. The molecular formula is C15H23NO2. The second-order valence-corrected chi connectivity index (χ2v) is 4.82. The molecule has 1 heterocycles. The summed E-state index contributed by atoms with van der Waals surface area (Å²) in [6.45, 7) is 4.25. The number of para-hydroxylation sites is 1. The standard InChI is InChI=1S/C15H23NO2/c1-17-15-9-11-16(13-15)10-5-6-12-18-14-7-3-2-4-8-14/h2-4,7-8,15H,5-6,9-13H2,1H3. The lowest BCUT2D eigenvalue weighted by Gasteiger charge is -2.15. The minimum atomic E-state index is 0.450. The molecule has 0 N–H and O–H groups in total. The van der Waals surface area contributed by atoms with Gasteiger partial charge in [0.25, 0.3) is 0 Å². The number of hydrogen-bond donors (Lipinski definition) is 0. The number of unbranched alkanes of at least 4 members (excludes halogenated alkanes) is 1. The van der Waals surface area contributed by atoms with E-state index in [4.69, 9.17) is 9.47 Å². The maximum Gasteiger partial charge on any atom is 0.119 e. The van der Waals surface area contributed by atoms with E-state index in [1.165, 1.54) is 19.4 Å². The van der Waals surface area contributed by atoms with Gasteiger partial charge in [0.15, 0.2) is 0 Å². The van der Waals surface area contributed by atoms with Crippen molar-refractivity contribution in [1.29, 1.82) is 0 Å². The molecule has 0 bridgehead atoms. The lowest BCUT2D eigenvalue weighted by Crippen LogP contribution is -2.24. The highest BCUT2D eigenvalue weighted by Crippen LogP contribution is 2.13. The molecule has 0 aliphatic carbocycles. The predicted octanol–water partition coefficient (Wildman–Crippen LogP) is 2.57. The van der Waals surface area contributed by atoms with Gasteiger partial charge in [-0.3, -0.25) is 0 Å². The number of nitrogens with zero attached hydrogens (tertiary/aromatic N) is 1. The van der Waals surface area contributed by atoms with E-state index >= 15 is 0 Å². The van der Waals surface area contributed by atoms with Crippen LogP contribution in [0.25, 0.3) is 0 Å². The van der Waals surface area contributed by atoms with Crippen LogP contribution in [0, 0.1) is 0 Å². The molecule has 1 aliphatic rings. The molecule has 0 radical (unpaired) electrons. The van der Waals surface area contributed by atoms with E-state index < -0.39 is 0 Å². The number of rotatable bonds is 7. The van der Waals surface area contributed by atoms with Crippen LogP contribution in [0.1, 0.15) is 19.3 Å². The van der Waals surface area contributed by atoms with Gasteiger partial charge in [0.2, 0.25) is 0 Å². The largest absolute Gasteiger partial charge is 0.494 e. The first-order valence-corrected chi connectivity index (χ1v) is 6.81. The fraction of sp³-hybridized carbons (Fsp3) is 0.600. The van der Waals surface area contributed by atoms with Gasteiger partial charge in [-0.25, -0.2) is 0 Å². The second kappa shape index (κ2) is 7.39. The van der Waals surface area contributed by atoms with Crippen molar-refractivity contribution in [3.63, 3.8) is 0 Å². The van der Waals surface area contributed by atoms with Crippen LogP contribution < -0.4 is 4.74 Å². The lowest BCUT2D eigenvalue weighted by atomic mass is 10.3. The van der Waals surface area contributed by atoms with Crippen LogP contribution in [-0.2, 0) is 4.74 Å². The predicted molar refractivity (Wildman–Crippen MR) is 73.0 cm³/mol. The van der Waals surface area contributed by atoms with Crippen LogP contribution >= 0.6 is 0 Å². The summed E-state index contributed by atoms with van der Waals surface area (Å²) in [5.74, 6) is 0.970. The average molecular weight is 249 g/mol. The van der Waals surface area contributed by atoms with Crippen molar-refractivity contribution in [3.8, 4) is 5.75 Å². The molecule has 1 fully saturated rings. The van der Waals surface area contributed by atoms with E-state index in [1.807, 2.05) is 37.4 Å². The fourth-order valence-electron chi connectivity index (χ4n) is 2.34. The molecule has 100 valence electrons. The first kappa shape index (κ1) is 13.4. The van der Waals surface area contributed by atoms with Crippen LogP contribution in [0.3, 0.4) is 0 Å². The van der Waals surface area contributed by atoms with Crippen LogP contribution in [-0.4, -0.2) is 44.4 Å². The summed E-state index contributed by atoms with van der Waals surface area (Å²) in [6, 6.07) is 10.0. The van der Waals surface area contributed by atoms with Gasteiger partial charge in [0.05, 0.1) is 12.7 Å². The van der Waals surface area contributed by atoms with Crippen molar-refractivity contribution in [2.45, 2.75) is 25.4 Å². The van der Waals surface area contributed by atoms with Crippen molar-refractivity contribution in [1.82, 2.24) is 4.90 Å². The Morgan fingerprint density at radius 3 is 2.78 bits per heavy atom. The molecule has 3 heteroatoms. The number of likely N-dealkylation sites (tertiary alicyclic amines) is 1. The molecule has 1 aromatic carbocycles. The molecule has 0 amide bonds.